The van der Waals surface area contributed by atoms with Crippen LogP contribution in [0.2, 0.25) is 0 Å². The van der Waals surface area contributed by atoms with E-state index < -0.39 is 11.9 Å². The van der Waals surface area contributed by atoms with Crippen molar-refractivity contribution in [3.63, 3.8) is 0 Å². The summed E-state index contributed by atoms with van der Waals surface area (Å²) in [5.74, 6) is -0.434. The molecule has 0 aliphatic carbocycles. The van der Waals surface area contributed by atoms with E-state index in [4.69, 9.17) is 18.9 Å². The Kier molecular flexibility index (Phi) is 4.53. The molecule has 1 aromatic rings. The molecule has 98 valence electrons. The lowest BCUT2D eigenvalue weighted by atomic mass is 10.2. The molecular weight excluding hydrogens is 240 g/mol. The zero-order valence-corrected chi connectivity index (χ0v) is 10.6. The molecule has 0 aliphatic heterocycles. The number of rotatable bonds is 4. The fourth-order valence-electron chi connectivity index (χ4n) is 1.36. The van der Waals surface area contributed by atoms with E-state index in [9.17, 15) is 9.59 Å². The van der Waals surface area contributed by atoms with Crippen molar-refractivity contribution >= 4 is 11.9 Å². The van der Waals surface area contributed by atoms with Crippen LogP contribution in [-0.4, -0.2) is 26.2 Å². The van der Waals surface area contributed by atoms with Crippen molar-refractivity contribution in [3.8, 4) is 23.0 Å². The van der Waals surface area contributed by atoms with Crippen LogP contribution in [0, 0.1) is 0 Å². The van der Waals surface area contributed by atoms with Gasteiger partial charge in [-0.3, -0.25) is 9.59 Å². The first-order valence-electron chi connectivity index (χ1n) is 5.11. The van der Waals surface area contributed by atoms with Crippen molar-refractivity contribution in [2.75, 3.05) is 14.2 Å². The molecule has 0 aromatic heterocycles. The van der Waals surface area contributed by atoms with Crippen LogP contribution in [0.5, 0.6) is 23.0 Å². The molecule has 18 heavy (non-hydrogen) atoms. The highest BCUT2D eigenvalue weighted by Gasteiger charge is 2.20. The van der Waals surface area contributed by atoms with Gasteiger partial charge in [-0.15, -0.1) is 0 Å². The summed E-state index contributed by atoms with van der Waals surface area (Å²) < 4.78 is 20.1. The monoisotopic (exact) mass is 254 g/mol. The van der Waals surface area contributed by atoms with E-state index in [-0.39, 0.29) is 17.2 Å². The average molecular weight is 254 g/mol. The first kappa shape index (κ1) is 13.8. The summed E-state index contributed by atoms with van der Waals surface area (Å²) in [6, 6.07) is 3.01. The van der Waals surface area contributed by atoms with Crippen molar-refractivity contribution < 1.29 is 28.5 Å². The Hall–Kier alpha value is -2.24. The first-order valence-corrected chi connectivity index (χ1v) is 5.11. The van der Waals surface area contributed by atoms with Gasteiger partial charge in [0.25, 0.3) is 0 Å². The third kappa shape index (κ3) is 3.13. The van der Waals surface area contributed by atoms with Crippen LogP contribution in [0.25, 0.3) is 0 Å². The Labute approximate surface area is 104 Å². The Morgan fingerprint density at radius 2 is 1.39 bits per heavy atom. The van der Waals surface area contributed by atoms with Gasteiger partial charge in [0.1, 0.15) is 0 Å². The summed E-state index contributed by atoms with van der Waals surface area (Å²) in [6.45, 7) is 2.48. The highest BCUT2D eigenvalue weighted by atomic mass is 16.6. The van der Waals surface area contributed by atoms with E-state index in [1.54, 1.807) is 6.07 Å². The Balaban J connectivity index is 3.33. The molecule has 0 unspecified atom stereocenters. The van der Waals surface area contributed by atoms with Gasteiger partial charge in [-0.25, -0.2) is 0 Å². The van der Waals surface area contributed by atoms with Crippen LogP contribution in [0.15, 0.2) is 12.1 Å². The van der Waals surface area contributed by atoms with Gasteiger partial charge in [0.15, 0.2) is 11.5 Å². The molecule has 1 rings (SSSR count). The number of hydrogen-bond donors (Lipinski definition) is 0. The maximum absolute atomic E-state index is 11.1. The third-order valence-electron chi connectivity index (χ3n) is 1.96. The van der Waals surface area contributed by atoms with E-state index in [1.807, 2.05) is 0 Å². The van der Waals surface area contributed by atoms with Gasteiger partial charge in [-0.05, 0) is 12.1 Å². The van der Waals surface area contributed by atoms with E-state index in [2.05, 4.69) is 0 Å². The van der Waals surface area contributed by atoms with Crippen LogP contribution in [0.4, 0.5) is 0 Å². The number of esters is 2. The smallest absolute Gasteiger partial charge is 0.308 e. The summed E-state index contributed by atoms with van der Waals surface area (Å²) in [5, 5.41) is 0. The summed E-state index contributed by atoms with van der Waals surface area (Å²) in [4.78, 5) is 22.0. The predicted octanol–water partition coefficient (Wildman–Crippen LogP) is 1.55. The molecule has 6 nitrogen and oxygen atoms in total. The number of carbonyl (C=O) groups is 2. The fraction of sp³-hybridized carbons (Fsp3) is 0.333. The van der Waals surface area contributed by atoms with Crippen molar-refractivity contribution in [2.24, 2.45) is 0 Å². The molecule has 0 radical (unpaired) electrons. The number of benzene rings is 1. The molecule has 0 N–H and O–H groups in total. The van der Waals surface area contributed by atoms with Crippen molar-refractivity contribution in [1.29, 1.82) is 0 Å². The zero-order chi connectivity index (χ0) is 13.7. The highest BCUT2D eigenvalue weighted by Crippen LogP contribution is 2.44. The maximum atomic E-state index is 11.1. The third-order valence-corrected chi connectivity index (χ3v) is 1.96. The van der Waals surface area contributed by atoms with Crippen LogP contribution >= 0.6 is 0 Å². The lowest BCUT2D eigenvalue weighted by molar-refractivity contribution is -0.134. The van der Waals surface area contributed by atoms with E-state index >= 15 is 0 Å². The van der Waals surface area contributed by atoms with Crippen LogP contribution in [0.3, 0.4) is 0 Å². The van der Waals surface area contributed by atoms with Gasteiger partial charge in [0.2, 0.25) is 11.5 Å². The minimum absolute atomic E-state index is 0.0135. The molecule has 0 bridgehead atoms. The Morgan fingerprint density at radius 1 is 0.833 bits per heavy atom. The minimum atomic E-state index is -0.560. The van der Waals surface area contributed by atoms with Gasteiger partial charge < -0.3 is 18.9 Å². The van der Waals surface area contributed by atoms with Crippen LogP contribution < -0.4 is 18.9 Å². The van der Waals surface area contributed by atoms with E-state index in [0.29, 0.717) is 5.75 Å². The number of hydrogen-bond acceptors (Lipinski definition) is 6. The summed E-state index contributed by atoms with van der Waals surface area (Å²) >= 11 is 0. The second-order valence-corrected chi connectivity index (χ2v) is 3.32. The molecule has 6 heteroatoms. The second kappa shape index (κ2) is 5.90. The summed E-state index contributed by atoms with van der Waals surface area (Å²) in [5.41, 5.74) is 0. The van der Waals surface area contributed by atoms with Gasteiger partial charge in [-0.1, -0.05) is 0 Å². The molecule has 0 amide bonds. The van der Waals surface area contributed by atoms with Crippen molar-refractivity contribution in [1.82, 2.24) is 0 Å². The first-order chi connectivity index (χ1) is 8.49. The molecule has 0 saturated heterocycles. The molecule has 0 fully saturated rings. The molecule has 0 atom stereocenters. The number of ether oxygens (including phenoxy) is 4. The zero-order valence-electron chi connectivity index (χ0n) is 10.6. The molecular formula is C12H14O6. The lowest BCUT2D eigenvalue weighted by Crippen LogP contribution is -2.08. The number of carbonyl (C=O) groups excluding carboxylic acids is 2. The second-order valence-electron chi connectivity index (χ2n) is 3.32. The fourth-order valence-corrected chi connectivity index (χ4v) is 1.36. The quantitative estimate of drug-likeness (QED) is 0.599. The van der Waals surface area contributed by atoms with Crippen LogP contribution in [0.1, 0.15) is 13.8 Å². The molecule has 0 aliphatic rings. The van der Waals surface area contributed by atoms with Gasteiger partial charge in [-0.2, -0.15) is 0 Å². The lowest BCUT2D eigenvalue weighted by Gasteiger charge is -2.15. The summed E-state index contributed by atoms with van der Waals surface area (Å²) in [7, 11) is 2.84. The van der Waals surface area contributed by atoms with Gasteiger partial charge in [0, 0.05) is 13.8 Å². The molecule has 0 saturated carbocycles. The normalized spacial score (nSPS) is 9.56. The Bertz CT molecular complexity index is 466. The largest absolute Gasteiger partial charge is 0.493 e. The van der Waals surface area contributed by atoms with Crippen LogP contribution in [-0.2, 0) is 9.59 Å². The van der Waals surface area contributed by atoms with Crippen molar-refractivity contribution in [2.45, 2.75) is 13.8 Å². The SMILES string of the molecule is COc1ccc(OC(C)=O)c(OC(C)=O)c1OC. The minimum Gasteiger partial charge on any atom is -0.493 e. The highest BCUT2D eigenvalue weighted by molar-refractivity contribution is 5.76. The average Bonchev–Trinajstić information content (AvgIpc) is 2.29. The summed E-state index contributed by atoms with van der Waals surface area (Å²) in [6.07, 6.45) is 0. The van der Waals surface area contributed by atoms with E-state index in [1.165, 1.54) is 34.1 Å². The van der Waals surface area contributed by atoms with Gasteiger partial charge >= 0.3 is 11.9 Å². The van der Waals surface area contributed by atoms with Crippen molar-refractivity contribution in [3.05, 3.63) is 12.1 Å². The predicted molar refractivity (Wildman–Crippen MR) is 62.2 cm³/mol. The Morgan fingerprint density at radius 3 is 1.83 bits per heavy atom. The van der Waals surface area contributed by atoms with Gasteiger partial charge in [0.05, 0.1) is 14.2 Å². The molecule has 0 heterocycles. The molecule has 1 aromatic carbocycles. The maximum Gasteiger partial charge on any atom is 0.308 e. The standard InChI is InChI=1S/C12H14O6/c1-7(13)17-10-6-5-9(15-3)11(16-4)12(10)18-8(2)14/h5-6H,1-4H3. The van der Waals surface area contributed by atoms with E-state index in [0.717, 1.165) is 0 Å². The number of methoxy groups -OCH3 is 2. The molecule has 0 spiro atoms. The topological polar surface area (TPSA) is 71.1 Å².